The van der Waals surface area contributed by atoms with Gasteiger partial charge in [-0.05, 0) is 48.5 Å². The van der Waals surface area contributed by atoms with Crippen molar-refractivity contribution >= 4 is 23.4 Å². The molecule has 3 aromatic carbocycles. The molecule has 4 aromatic rings. The molecule has 0 aliphatic carbocycles. The van der Waals surface area contributed by atoms with Crippen molar-refractivity contribution in [3.05, 3.63) is 96.3 Å². The highest BCUT2D eigenvalue weighted by Gasteiger charge is 2.16. The van der Waals surface area contributed by atoms with E-state index in [4.69, 9.17) is 4.74 Å². The van der Waals surface area contributed by atoms with Gasteiger partial charge in [0.1, 0.15) is 12.4 Å². The highest BCUT2D eigenvalue weighted by molar-refractivity contribution is 7.99. The second-order valence-electron chi connectivity index (χ2n) is 6.94. The summed E-state index contributed by atoms with van der Waals surface area (Å²) in [5.41, 5.74) is 1.36. The van der Waals surface area contributed by atoms with Gasteiger partial charge in [0.05, 0.1) is 0 Å². The molecule has 4 rings (SSSR count). The van der Waals surface area contributed by atoms with E-state index >= 15 is 0 Å². The van der Waals surface area contributed by atoms with E-state index in [-0.39, 0.29) is 30.5 Å². The van der Waals surface area contributed by atoms with E-state index in [1.165, 1.54) is 42.1 Å². The Hall–Kier alpha value is -3.72. The van der Waals surface area contributed by atoms with Gasteiger partial charge in [0.2, 0.25) is 5.91 Å². The number of ether oxygens (including phenoxy) is 1. The van der Waals surface area contributed by atoms with E-state index in [1.54, 1.807) is 18.2 Å². The number of nitrogens with one attached hydrogen (secondary N) is 1. The first-order valence-corrected chi connectivity index (χ1v) is 11.1. The van der Waals surface area contributed by atoms with Gasteiger partial charge in [0.15, 0.2) is 22.5 Å². The number of carbonyl (C=O) groups is 1. The first kappa shape index (κ1) is 22.5. The fourth-order valence-electron chi connectivity index (χ4n) is 3.02. The van der Waals surface area contributed by atoms with Crippen molar-refractivity contribution in [2.24, 2.45) is 0 Å². The normalized spacial score (nSPS) is 10.7. The molecule has 1 aromatic heterocycles. The lowest BCUT2D eigenvalue weighted by molar-refractivity contribution is -0.115. The molecule has 0 unspecified atom stereocenters. The van der Waals surface area contributed by atoms with Crippen LogP contribution in [0.4, 0.5) is 14.5 Å². The lowest BCUT2D eigenvalue weighted by atomic mass is 10.3. The van der Waals surface area contributed by atoms with E-state index in [1.807, 2.05) is 34.9 Å². The number of halogens is 2. The predicted octanol–water partition coefficient (Wildman–Crippen LogP) is 5.25. The van der Waals surface area contributed by atoms with E-state index in [2.05, 4.69) is 15.5 Å². The van der Waals surface area contributed by atoms with Gasteiger partial charge in [0, 0.05) is 23.5 Å². The number of aromatic nitrogens is 3. The third-order valence-corrected chi connectivity index (χ3v) is 5.53. The number of anilines is 1. The molecule has 1 N–H and O–H groups in total. The molecule has 0 atom stereocenters. The number of amides is 1. The standard InChI is InChI=1S/C24H20F2N4O2S/c25-17-10-12-18(13-11-17)27-23(31)14-15-33-24-29-28-22(30(24)19-6-2-1-3-7-19)16-32-21-9-5-4-8-20(21)26/h1-13H,14-16H2,(H,27,31). The molecule has 1 amide bonds. The zero-order valence-electron chi connectivity index (χ0n) is 17.4. The first-order chi connectivity index (χ1) is 16.1. The van der Waals surface area contributed by atoms with Crippen molar-refractivity contribution in [2.75, 3.05) is 11.1 Å². The molecule has 0 radical (unpaired) electrons. The van der Waals surface area contributed by atoms with Crippen LogP contribution < -0.4 is 10.1 Å². The number of hydrogen-bond donors (Lipinski definition) is 1. The van der Waals surface area contributed by atoms with Crippen molar-refractivity contribution in [3.63, 3.8) is 0 Å². The quantitative estimate of drug-likeness (QED) is 0.342. The molecular formula is C24H20F2N4O2S. The number of benzene rings is 3. The molecule has 0 bridgehead atoms. The first-order valence-electron chi connectivity index (χ1n) is 10.2. The third kappa shape index (κ3) is 5.95. The van der Waals surface area contributed by atoms with Crippen LogP contribution in [0.5, 0.6) is 5.75 Å². The molecule has 33 heavy (non-hydrogen) atoms. The lowest BCUT2D eigenvalue weighted by Crippen LogP contribution is -2.12. The van der Waals surface area contributed by atoms with Gasteiger partial charge >= 0.3 is 0 Å². The number of rotatable bonds is 9. The number of thioether (sulfide) groups is 1. The summed E-state index contributed by atoms with van der Waals surface area (Å²) >= 11 is 1.37. The number of carbonyl (C=O) groups excluding carboxylic acids is 1. The van der Waals surface area contributed by atoms with Crippen molar-refractivity contribution in [1.29, 1.82) is 0 Å². The Morgan fingerprint density at radius 2 is 1.67 bits per heavy atom. The molecule has 0 aliphatic rings. The minimum absolute atomic E-state index is 0.0223. The Balaban J connectivity index is 1.43. The van der Waals surface area contributed by atoms with Crippen molar-refractivity contribution in [1.82, 2.24) is 14.8 Å². The Morgan fingerprint density at radius 3 is 2.42 bits per heavy atom. The maximum Gasteiger partial charge on any atom is 0.225 e. The molecule has 0 saturated carbocycles. The summed E-state index contributed by atoms with van der Waals surface area (Å²) in [4.78, 5) is 12.2. The summed E-state index contributed by atoms with van der Waals surface area (Å²) in [6, 6.07) is 21.2. The van der Waals surface area contributed by atoms with Crippen LogP contribution in [0.15, 0.2) is 84.0 Å². The van der Waals surface area contributed by atoms with Gasteiger partial charge in [-0.1, -0.05) is 42.1 Å². The van der Waals surface area contributed by atoms with E-state index < -0.39 is 5.82 Å². The summed E-state index contributed by atoms with van der Waals surface area (Å²) in [5, 5.41) is 11.8. The summed E-state index contributed by atoms with van der Waals surface area (Å²) in [6.45, 7) is 0.0223. The Labute approximate surface area is 193 Å². The highest BCUT2D eigenvalue weighted by atomic mass is 32.2. The number of hydrogen-bond acceptors (Lipinski definition) is 5. The van der Waals surface area contributed by atoms with E-state index in [9.17, 15) is 13.6 Å². The van der Waals surface area contributed by atoms with Gasteiger partial charge in [-0.2, -0.15) is 0 Å². The fraction of sp³-hybridized carbons (Fsp3) is 0.125. The summed E-state index contributed by atoms with van der Waals surface area (Å²) < 4.78 is 34.4. The van der Waals surface area contributed by atoms with E-state index in [0.29, 0.717) is 22.4 Å². The van der Waals surface area contributed by atoms with Crippen LogP contribution in [-0.2, 0) is 11.4 Å². The zero-order chi connectivity index (χ0) is 23.0. The van der Waals surface area contributed by atoms with Gasteiger partial charge in [-0.15, -0.1) is 10.2 Å². The van der Waals surface area contributed by atoms with Gasteiger partial charge < -0.3 is 10.1 Å². The molecule has 0 saturated heterocycles. The minimum Gasteiger partial charge on any atom is -0.483 e. The smallest absolute Gasteiger partial charge is 0.225 e. The number of para-hydroxylation sites is 2. The molecule has 9 heteroatoms. The molecule has 6 nitrogen and oxygen atoms in total. The van der Waals surface area contributed by atoms with E-state index in [0.717, 1.165) is 5.69 Å². The number of nitrogens with zero attached hydrogens (tertiary/aromatic N) is 3. The maximum absolute atomic E-state index is 13.9. The molecule has 1 heterocycles. The average Bonchev–Trinajstić information content (AvgIpc) is 3.23. The zero-order valence-corrected chi connectivity index (χ0v) is 18.3. The summed E-state index contributed by atoms with van der Waals surface area (Å²) in [6.07, 6.45) is 0.227. The summed E-state index contributed by atoms with van der Waals surface area (Å²) in [7, 11) is 0. The average molecular weight is 467 g/mol. The van der Waals surface area contributed by atoms with Crippen LogP contribution in [0.1, 0.15) is 12.2 Å². The second-order valence-corrected chi connectivity index (χ2v) is 8.00. The molecule has 168 valence electrons. The topological polar surface area (TPSA) is 69.0 Å². The fourth-order valence-corrected chi connectivity index (χ4v) is 3.93. The largest absolute Gasteiger partial charge is 0.483 e. The highest BCUT2D eigenvalue weighted by Crippen LogP contribution is 2.24. The SMILES string of the molecule is O=C(CCSc1nnc(COc2ccccc2F)n1-c1ccccc1)Nc1ccc(F)cc1. The second kappa shape index (κ2) is 10.7. The van der Waals surface area contributed by atoms with Gasteiger partial charge in [0.25, 0.3) is 0 Å². The van der Waals surface area contributed by atoms with Crippen molar-refractivity contribution < 1.29 is 18.3 Å². The van der Waals surface area contributed by atoms with Crippen LogP contribution >= 0.6 is 11.8 Å². The third-order valence-electron chi connectivity index (χ3n) is 4.60. The molecule has 0 spiro atoms. The van der Waals surface area contributed by atoms with Gasteiger partial charge in [-0.25, -0.2) is 8.78 Å². The summed E-state index contributed by atoms with van der Waals surface area (Å²) in [5.74, 6) is 0.0766. The van der Waals surface area contributed by atoms with Crippen LogP contribution in [0, 0.1) is 11.6 Å². The van der Waals surface area contributed by atoms with Crippen LogP contribution in [0.25, 0.3) is 5.69 Å². The maximum atomic E-state index is 13.9. The lowest BCUT2D eigenvalue weighted by Gasteiger charge is -2.11. The monoisotopic (exact) mass is 466 g/mol. The Bertz CT molecular complexity index is 1220. The van der Waals surface area contributed by atoms with Crippen molar-refractivity contribution in [3.8, 4) is 11.4 Å². The minimum atomic E-state index is -0.454. The van der Waals surface area contributed by atoms with Crippen LogP contribution in [0.2, 0.25) is 0 Å². The molecule has 0 fully saturated rings. The molecule has 0 aliphatic heterocycles. The van der Waals surface area contributed by atoms with Gasteiger partial charge in [-0.3, -0.25) is 9.36 Å². The molecular weight excluding hydrogens is 446 g/mol. The van der Waals surface area contributed by atoms with Crippen molar-refractivity contribution in [2.45, 2.75) is 18.2 Å². The van der Waals surface area contributed by atoms with Crippen LogP contribution in [0.3, 0.4) is 0 Å². The Morgan fingerprint density at radius 1 is 0.939 bits per heavy atom. The Kier molecular flexibility index (Phi) is 7.31. The van der Waals surface area contributed by atoms with Crippen LogP contribution in [-0.4, -0.2) is 26.4 Å². The predicted molar refractivity (Wildman–Crippen MR) is 122 cm³/mol.